The van der Waals surface area contributed by atoms with Crippen LogP contribution in [-0.4, -0.2) is 30.9 Å². The van der Waals surface area contributed by atoms with Crippen molar-refractivity contribution in [2.24, 2.45) is 0 Å². The fourth-order valence-electron chi connectivity index (χ4n) is 3.70. The van der Waals surface area contributed by atoms with Crippen molar-refractivity contribution in [2.45, 2.75) is 44.4 Å². The number of hydrogen-bond acceptors (Lipinski definition) is 6. The molecule has 1 aliphatic rings. The summed E-state index contributed by atoms with van der Waals surface area (Å²) in [6.45, 7) is 4.93. The highest BCUT2D eigenvalue weighted by Crippen LogP contribution is 2.41. The predicted octanol–water partition coefficient (Wildman–Crippen LogP) is 5.84. The molecule has 0 radical (unpaired) electrons. The van der Waals surface area contributed by atoms with Gasteiger partial charge in [-0.1, -0.05) is 23.9 Å². The maximum atomic E-state index is 13.1. The monoisotopic (exact) mass is 454 g/mol. The molecule has 0 unspecified atom stereocenters. The van der Waals surface area contributed by atoms with Gasteiger partial charge in [0.15, 0.2) is 16.8 Å². The van der Waals surface area contributed by atoms with E-state index in [1.54, 1.807) is 22.7 Å². The van der Waals surface area contributed by atoms with Crippen molar-refractivity contribution in [1.29, 1.82) is 0 Å². The molecular weight excluding hydrogens is 432 g/mol. The molecule has 30 heavy (non-hydrogen) atoms. The number of aromatic nitrogens is 4. The van der Waals surface area contributed by atoms with Crippen molar-refractivity contribution in [3.63, 3.8) is 0 Å². The molecule has 5 rings (SSSR count). The van der Waals surface area contributed by atoms with Crippen LogP contribution in [0.3, 0.4) is 0 Å². The molecule has 1 saturated carbocycles. The molecule has 5 nitrogen and oxygen atoms in total. The van der Waals surface area contributed by atoms with E-state index in [0.717, 1.165) is 52.2 Å². The van der Waals surface area contributed by atoms with E-state index in [4.69, 9.17) is 0 Å². The fraction of sp³-hybridized carbons (Fsp3) is 0.318. The Hall–Kier alpha value is -2.16. The van der Waals surface area contributed by atoms with Crippen LogP contribution in [0, 0.1) is 13.8 Å². The Morgan fingerprint density at radius 1 is 1.17 bits per heavy atom. The number of carbonyl (C=O) groups excluding carboxylic acids is 1. The van der Waals surface area contributed by atoms with Crippen LogP contribution >= 0.6 is 34.4 Å². The number of nitrogens with zero attached hydrogens (tertiary/aromatic N) is 4. The summed E-state index contributed by atoms with van der Waals surface area (Å²) in [5.41, 5.74) is 2.97. The third kappa shape index (κ3) is 3.79. The lowest BCUT2D eigenvalue weighted by molar-refractivity contribution is 0.102. The van der Waals surface area contributed by atoms with Crippen LogP contribution in [-0.2, 0) is 6.54 Å². The second-order valence-electron chi connectivity index (χ2n) is 7.55. The molecule has 8 heteroatoms. The number of rotatable bonds is 8. The minimum absolute atomic E-state index is 0.147. The van der Waals surface area contributed by atoms with E-state index >= 15 is 0 Å². The first-order valence-corrected chi connectivity index (χ1v) is 12.7. The summed E-state index contributed by atoms with van der Waals surface area (Å²) in [7, 11) is 0. The first-order valence-electron chi connectivity index (χ1n) is 9.95. The third-order valence-electron chi connectivity index (χ3n) is 5.42. The molecule has 4 heterocycles. The Morgan fingerprint density at radius 2 is 1.97 bits per heavy atom. The van der Waals surface area contributed by atoms with Crippen LogP contribution in [0.25, 0.3) is 10.7 Å². The highest BCUT2D eigenvalue weighted by Gasteiger charge is 2.30. The minimum atomic E-state index is 0.147. The van der Waals surface area contributed by atoms with Gasteiger partial charge >= 0.3 is 0 Å². The molecule has 0 aromatic carbocycles. The average Bonchev–Trinajstić information content (AvgIpc) is 3.18. The predicted molar refractivity (Wildman–Crippen MR) is 124 cm³/mol. The Labute approximate surface area is 187 Å². The summed E-state index contributed by atoms with van der Waals surface area (Å²) < 4.78 is 4.45. The van der Waals surface area contributed by atoms with Gasteiger partial charge in [0.2, 0.25) is 0 Å². The first kappa shape index (κ1) is 19.8. The van der Waals surface area contributed by atoms with E-state index in [0.29, 0.717) is 11.8 Å². The second-order valence-corrected chi connectivity index (χ2v) is 10.5. The summed E-state index contributed by atoms with van der Waals surface area (Å²) in [4.78, 5) is 15.5. The zero-order chi connectivity index (χ0) is 20.7. The number of aryl methyl sites for hydroxylation is 1. The average molecular weight is 455 g/mol. The normalized spacial score (nSPS) is 13.8. The van der Waals surface area contributed by atoms with E-state index < -0.39 is 0 Å². The van der Waals surface area contributed by atoms with Gasteiger partial charge in [0.05, 0.1) is 17.2 Å². The lowest BCUT2D eigenvalue weighted by Crippen LogP contribution is -2.08. The third-order valence-corrected chi connectivity index (χ3v) is 8.09. The molecule has 154 valence electrons. The van der Waals surface area contributed by atoms with Crippen LogP contribution in [0.2, 0.25) is 0 Å². The standard InChI is InChI=1S/C22H22N4OS3/c1-14-11-18(15(2)25(14)12-17-5-3-9-28-17)19(27)13-30-22-24-23-21(20-6-4-10-29-20)26(22)16-7-8-16/h3-6,9-11,16H,7-8,12-13H2,1-2H3. The summed E-state index contributed by atoms with van der Waals surface area (Å²) in [6.07, 6.45) is 2.31. The van der Waals surface area contributed by atoms with Crippen LogP contribution in [0.15, 0.2) is 46.2 Å². The van der Waals surface area contributed by atoms with E-state index in [1.165, 1.54) is 16.6 Å². The molecule has 0 N–H and O–H groups in total. The van der Waals surface area contributed by atoms with Gasteiger partial charge in [-0.3, -0.25) is 9.36 Å². The Balaban J connectivity index is 1.34. The van der Waals surface area contributed by atoms with Crippen LogP contribution in [0.1, 0.15) is 45.5 Å². The number of thioether (sulfide) groups is 1. The van der Waals surface area contributed by atoms with E-state index in [9.17, 15) is 4.79 Å². The topological polar surface area (TPSA) is 52.7 Å². The molecular formula is C22H22N4OS3. The maximum Gasteiger partial charge on any atom is 0.192 e. The minimum Gasteiger partial charge on any atom is -0.343 e. The van der Waals surface area contributed by atoms with Gasteiger partial charge < -0.3 is 4.57 Å². The zero-order valence-electron chi connectivity index (χ0n) is 16.9. The van der Waals surface area contributed by atoms with Crippen molar-refractivity contribution in [2.75, 3.05) is 5.75 Å². The number of Topliss-reactive ketones (excluding diaryl/α,β-unsaturated/α-hetero) is 1. The lowest BCUT2D eigenvalue weighted by atomic mass is 10.2. The van der Waals surface area contributed by atoms with Crippen LogP contribution in [0.4, 0.5) is 0 Å². The van der Waals surface area contributed by atoms with Gasteiger partial charge in [0.25, 0.3) is 0 Å². The molecule has 0 saturated heterocycles. The Kier molecular flexibility index (Phi) is 5.39. The fourth-order valence-corrected chi connectivity index (χ4v) is 5.99. The first-order chi connectivity index (χ1) is 14.6. The largest absolute Gasteiger partial charge is 0.343 e. The number of thiophene rings is 2. The Morgan fingerprint density at radius 3 is 2.67 bits per heavy atom. The van der Waals surface area contributed by atoms with Gasteiger partial charge in [-0.25, -0.2) is 0 Å². The molecule has 1 fully saturated rings. The molecule has 0 aliphatic heterocycles. The van der Waals surface area contributed by atoms with E-state index in [-0.39, 0.29) is 5.78 Å². The summed E-state index contributed by atoms with van der Waals surface area (Å²) in [5, 5.41) is 13.9. The van der Waals surface area contributed by atoms with Gasteiger partial charge in [0, 0.05) is 27.9 Å². The second kappa shape index (κ2) is 8.17. The number of ketones is 1. The smallest absolute Gasteiger partial charge is 0.192 e. The van der Waals surface area contributed by atoms with Crippen molar-refractivity contribution in [3.8, 4) is 10.7 Å². The zero-order valence-corrected chi connectivity index (χ0v) is 19.3. The van der Waals surface area contributed by atoms with E-state index in [1.807, 2.05) is 19.1 Å². The molecule has 0 spiro atoms. The highest BCUT2D eigenvalue weighted by molar-refractivity contribution is 7.99. The van der Waals surface area contributed by atoms with Gasteiger partial charge in [-0.05, 0) is 55.6 Å². The Bertz CT molecular complexity index is 1170. The van der Waals surface area contributed by atoms with E-state index in [2.05, 4.69) is 55.2 Å². The van der Waals surface area contributed by atoms with Crippen molar-refractivity contribution in [3.05, 3.63) is 62.9 Å². The summed E-state index contributed by atoms with van der Waals surface area (Å²) >= 11 is 4.92. The summed E-state index contributed by atoms with van der Waals surface area (Å²) in [5.74, 6) is 1.45. The SMILES string of the molecule is Cc1cc(C(=O)CSc2nnc(-c3cccs3)n2C2CC2)c(C)n1Cc1cccs1. The van der Waals surface area contributed by atoms with Crippen molar-refractivity contribution >= 4 is 40.2 Å². The molecule has 4 aromatic rings. The van der Waals surface area contributed by atoms with Crippen molar-refractivity contribution in [1.82, 2.24) is 19.3 Å². The number of carbonyl (C=O) groups is 1. The lowest BCUT2D eigenvalue weighted by Gasteiger charge is -2.09. The highest BCUT2D eigenvalue weighted by atomic mass is 32.2. The molecule has 4 aromatic heterocycles. The molecule has 0 amide bonds. The van der Waals surface area contributed by atoms with Gasteiger partial charge in [0.1, 0.15) is 0 Å². The number of hydrogen-bond donors (Lipinski definition) is 0. The molecule has 0 bridgehead atoms. The van der Waals surface area contributed by atoms with Crippen LogP contribution in [0.5, 0.6) is 0 Å². The van der Waals surface area contributed by atoms with Gasteiger partial charge in [-0.15, -0.1) is 32.9 Å². The molecule has 0 atom stereocenters. The van der Waals surface area contributed by atoms with Crippen LogP contribution < -0.4 is 0 Å². The van der Waals surface area contributed by atoms with Gasteiger partial charge in [-0.2, -0.15) is 0 Å². The molecule has 1 aliphatic carbocycles. The van der Waals surface area contributed by atoms with Crippen molar-refractivity contribution < 1.29 is 4.79 Å². The summed E-state index contributed by atoms with van der Waals surface area (Å²) in [6, 6.07) is 10.8. The quantitative estimate of drug-likeness (QED) is 0.248. The maximum absolute atomic E-state index is 13.1.